The summed E-state index contributed by atoms with van der Waals surface area (Å²) in [5, 5.41) is 0. The maximum absolute atomic E-state index is 5.07. The fraction of sp³-hybridized carbons (Fsp3) is 0.0976. The van der Waals surface area contributed by atoms with Crippen molar-refractivity contribution in [2.24, 2.45) is 5.92 Å². The van der Waals surface area contributed by atoms with Gasteiger partial charge in [-0.15, -0.1) is 0 Å². The van der Waals surface area contributed by atoms with Gasteiger partial charge in [-0.05, 0) is 51.8 Å². The van der Waals surface area contributed by atoms with Gasteiger partial charge in [0.2, 0.25) is 0 Å². The zero-order valence-electron chi connectivity index (χ0n) is 24.6. The van der Waals surface area contributed by atoms with E-state index in [0.29, 0.717) is 23.4 Å². The van der Waals surface area contributed by atoms with Gasteiger partial charge in [0.15, 0.2) is 17.5 Å². The summed E-state index contributed by atoms with van der Waals surface area (Å²) in [6.07, 6.45) is 5.70. The Morgan fingerprint density at radius 1 is 0.545 bits per heavy atom. The van der Waals surface area contributed by atoms with E-state index in [-0.39, 0.29) is 0 Å². The van der Waals surface area contributed by atoms with Crippen LogP contribution in [0.1, 0.15) is 35.6 Å². The van der Waals surface area contributed by atoms with Gasteiger partial charge >= 0.3 is 0 Å². The Balaban J connectivity index is 1.39. The Hall–Kier alpha value is -5.41. The van der Waals surface area contributed by atoms with Gasteiger partial charge < -0.3 is 0 Å². The van der Waals surface area contributed by atoms with E-state index in [9.17, 15) is 0 Å². The molecule has 0 saturated heterocycles. The molecule has 2 aliphatic carbocycles. The predicted molar refractivity (Wildman–Crippen MR) is 179 cm³/mol. The molecule has 1 aromatic heterocycles. The van der Waals surface area contributed by atoms with Crippen LogP contribution in [0.3, 0.4) is 0 Å². The minimum atomic E-state index is -0.417. The molecule has 0 spiro atoms. The monoisotopic (exact) mass is 565 g/mol. The van der Waals surface area contributed by atoms with Gasteiger partial charge in [0.25, 0.3) is 0 Å². The van der Waals surface area contributed by atoms with Gasteiger partial charge in [-0.3, -0.25) is 0 Å². The second-order valence-corrected chi connectivity index (χ2v) is 11.7. The number of benzene rings is 5. The first-order valence-electron chi connectivity index (χ1n) is 15.3. The topological polar surface area (TPSA) is 38.7 Å². The molecule has 3 heteroatoms. The standard InChI is InChI=1S/C41H31N3/c1-28-22-24-34-35-25-23-31(40-43-38(29-14-6-2-7-15-29)42-39(44-40)30-16-8-3-9-17-30)27-37(35)41(36(34)26-28,32-18-10-4-11-19-32)33-20-12-5-13-21-33/h2-25,27-28H,26H2,1H3. The largest absolute Gasteiger partial charge is 0.208 e. The minimum Gasteiger partial charge on any atom is -0.208 e. The van der Waals surface area contributed by atoms with Gasteiger partial charge in [0, 0.05) is 16.7 Å². The average Bonchev–Trinajstić information content (AvgIpc) is 3.39. The van der Waals surface area contributed by atoms with Crippen LogP contribution in [0.5, 0.6) is 0 Å². The fourth-order valence-corrected chi connectivity index (χ4v) is 7.00. The van der Waals surface area contributed by atoms with Crippen molar-refractivity contribution in [1.82, 2.24) is 15.0 Å². The van der Waals surface area contributed by atoms with Gasteiger partial charge in [0.05, 0.1) is 5.41 Å². The number of nitrogens with zero attached hydrogens (tertiary/aromatic N) is 3. The SMILES string of the molecule is CC1C=CC2=C(C1)C(c1ccccc1)(c1ccccc1)c1cc(-c3nc(-c4ccccc4)nc(-c4ccccc4)n3)ccc12. The van der Waals surface area contributed by atoms with Gasteiger partial charge in [0.1, 0.15) is 0 Å². The van der Waals surface area contributed by atoms with Crippen LogP contribution in [-0.4, -0.2) is 15.0 Å². The molecule has 1 unspecified atom stereocenters. The lowest BCUT2D eigenvalue weighted by Gasteiger charge is -2.37. The zero-order valence-corrected chi connectivity index (χ0v) is 24.6. The molecule has 8 rings (SSSR count). The first-order chi connectivity index (χ1) is 21.7. The number of fused-ring (bicyclic) bond motifs is 2. The molecule has 0 fully saturated rings. The molecule has 0 radical (unpaired) electrons. The fourth-order valence-electron chi connectivity index (χ4n) is 7.00. The molecule has 0 saturated carbocycles. The van der Waals surface area contributed by atoms with E-state index in [4.69, 9.17) is 15.0 Å². The van der Waals surface area contributed by atoms with E-state index in [1.165, 1.54) is 33.4 Å². The molecule has 0 N–H and O–H groups in total. The molecule has 1 atom stereocenters. The summed E-state index contributed by atoms with van der Waals surface area (Å²) in [5.41, 5.74) is 10.4. The highest BCUT2D eigenvalue weighted by Gasteiger charge is 2.48. The minimum absolute atomic E-state index is 0.417. The summed E-state index contributed by atoms with van der Waals surface area (Å²) in [6.45, 7) is 2.32. The summed E-state index contributed by atoms with van der Waals surface area (Å²) in [5.74, 6) is 2.46. The Morgan fingerprint density at radius 2 is 1.02 bits per heavy atom. The van der Waals surface area contributed by atoms with E-state index in [1.807, 2.05) is 36.4 Å². The Kier molecular flexibility index (Phi) is 6.38. The zero-order chi connectivity index (χ0) is 29.5. The number of hydrogen-bond donors (Lipinski definition) is 0. The highest BCUT2D eigenvalue weighted by atomic mass is 15.0. The molecule has 3 nitrogen and oxygen atoms in total. The number of hydrogen-bond acceptors (Lipinski definition) is 3. The maximum Gasteiger partial charge on any atom is 0.164 e. The number of aromatic nitrogens is 3. The smallest absolute Gasteiger partial charge is 0.164 e. The van der Waals surface area contributed by atoms with Crippen LogP contribution < -0.4 is 0 Å². The van der Waals surface area contributed by atoms with Gasteiger partial charge in [-0.25, -0.2) is 15.0 Å². The quantitative estimate of drug-likeness (QED) is 0.209. The second kappa shape index (κ2) is 10.7. The second-order valence-electron chi connectivity index (χ2n) is 11.7. The lowest BCUT2D eigenvalue weighted by molar-refractivity contribution is 0.622. The molecule has 2 aliphatic rings. The first kappa shape index (κ1) is 26.2. The summed E-state index contributed by atoms with van der Waals surface area (Å²) >= 11 is 0. The van der Waals surface area contributed by atoms with Crippen molar-refractivity contribution in [2.75, 3.05) is 0 Å². The van der Waals surface area contributed by atoms with E-state index in [2.05, 4.69) is 122 Å². The normalized spacial score (nSPS) is 16.4. The molecule has 1 heterocycles. The number of allylic oxidation sites excluding steroid dienone is 4. The van der Waals surface area contributed by atoms with Crippen LogP contribution >= 0.6 is 0 Å². The molecule has 6 aromatic rings. The van der Waals surface area contributed by atoms with E-state index in [1.54, 1.807) is 0 Å². The van der Waals surface area contributed by atoms with Crippen LogP contribution in [-0.2, 0) is 5.41 Å². The van der Waals surface area contributed by atoms with E-state index in [0.717, 1.165) is 23.1 Å². The van der Waals surface area contributed by atoms with Crippen LogP contribution in [0.2, 0.25) is 0 Å². The molecule has 0 aliphatic heterocycles. The third kappa shape index (κ3) is 4.24. The molecule has 0 amide bonds. The summed E-state index contributed by atoms with van der Waals surface area (Å²) in [6, 6.07) is 49.1. The molecule has 0 bridgehead atoms. The van der Waals surface area contributed by atoms with Crippen molar-refractivity contribution in [3.8, 4) is 34.2 Å². The molecular weight excluding hydrogens is 534 g/mol. The van der Waals surface area contributed by atoms with Gasteiger partial charge in [-0.1, -0.05) is 153 Å². The third-order valence-corrected chi connectivity index (χ3v) is 8.98. The lowest BCUT2D eigenvalue weighted by atomic mass is 9.64. The summed E-state index contributed by atoms with van der Waals surface area (Å²) in [7, 11) is 0. The third-order valence-electron chi connectivity index (χ3n) is 8.98. The highest BCUT2D eigenvalue weighted by molar-refractivity contribution is 5.92. The Morgan fingerprint density at radius 3 is 1.55 bits per heavy atom. The summed E-state index contributed by atoms with van der Waals surface area (Å²) in [4.78, 5) is 15.1. The van der Waals surface area contributed by atoms with Crippen molar-refractivity contribution in [3.63, 3.8) is 0 Å². The van der Waals surface area contributed by atoms with Crippen LogP contribution in [0, 0.1) is 5.92 Å². The predicted octanol–water partition coefficient (Wildman–Crippen LogP) is 9.57. The van der Waals surface area contributed by atoms with Crippen LogP contribution in [0.15, 0.2) is 157 Å². The van der Waals surface area contributed by atoms with Crippen molar-refractivity contribution in [1.29, 1.82) is 0 Å². The Labute approximate surface area is 258 Å². The van der Waals surface area contributed by atoms with Crippen molar-refractivity contribution in [2.45, 2.75) is 18.8 Å². The van der Waals surface area contributed by atoms with Crippen molar-refractivity contribution < 1.29 is 0 Å². The van der Waals surface area contributed by atoms with Crippen molar-refractivity contribution in [3.05, 3.63) is 180 Å². The molecular formula is C41H31N3. The number of rotatable bonds is 5. The van der Waals surface area contributed by atoms with Crippen LogP contribution in [0.4, 0.5) is 0 Å². The lowest BCUT2D eigenvalue weighted by Crippen LogP contribution is -2.31. The molecule has 210 valence electrons. The van der Waals surface area contributed by atoms with E-state index < -0.39 is 5.41 Å². The van der Waals surface area contributed by atoms with Crippen molar-refractivity contribution >= 4 is 5.57 Å². The first-order valence-corrected chi connectivity index (χ1v) is 15.3. The summed E-state index contributed by atoms with van der Waals surface area (Å²) < 4.78 is 0. The van der Waals surface area contributed by atoms with Crippen LogP contribution in [0.25, 0.3) is 39.7 Å². The van der Waals surface area contributed by atoms with Gasteiger partial charge in [-0.2, -0.15) is 0 Å². The molecule has 44 heavy (non-hydrogen) atoms. The van der Waals surface area contributed by atoms with E-state index >= 15 is 0 Å². The maximum atomic E-state index is 5.07. The Bertz CT molecular complexity index is 1930. The average molecular weight is 566 g/mol. The molecule has 5 aromatic carbocycles. The highest BCUT2D eigenvalue weighted by Crippen LogP contribution is 2.58.